The summed E-state index contributed by atoms with van der Waals surface area (Å²) in [5.41, 5.74) is 0. The monoisotopic (exact) mass is 254 g/mol. The third-order valence-electron chi connectivity index (χ3n) is 2.16. The molecule has 5 atom stereocenters. The van der Waals surface area contributed by atoms with Crippen molar-refractivity contribution in [1.29, 1.82) is 0 Å². The minimum atomic E-state index is -1.68. The minimum Gasteiger partial charge on any atom is -0.479 e. The molecule has 0 aromatic carbocycles. The highest BCUT2D eigenvalue weighted by atomic mass is 32.2. The van der Waals surface area contributed by atoms with Gasteiger partial charge in [-0.05, 0) is 6.26 Å². The van der Waals surface area contributed by atoms with E-state index in [-0.39, 0.29) is 5.94 Å². The fourth-order valence-corrected chi connectivity index (χ4v) is 1.60. The number of hydrogen-bond donors (Lipinski definition) is 4. The van der Waals surface area contributed by atoms with Crippen LogP contribution in [0.1, 0.15) is 0 Å². The van der Waals surface area contributed by atoms with Crippen molar-refractivity contribution in [2.45, 2.75) is 30.7 Å². The van der Waals surface area contributed by atoms with Crippen molar-refractivity contribution in [2.24, 2.45) is 0 Å². The van der Waals surface area contributed by atoms with Crippen LogP contribution < -0.4 is 0 Å². The molecule has 2 unspecified atom stereocenters. The number of aliphatic hydroxyl groups excluding tert-OH is 3. The molecular formula is C8H14O7S. The van der Waals surface area contributed by atoms with Gasteiger partial charge in [-0.3, -0.25) is 0 Å². The highest BCUT2D eigenvalue weighted by Gasteiger charge is 2.47. The smallest absolute Gasteiger partial charge is 0.335 e. The number of rotatable bonds is 4. The van der Waals surface area contributed by atoms with Crippen LogP contribution in [0.4, 0.5) is 0 Å². The third kappa shape index (κ3) is 2.84. The van der Waals surface area contributed by atoms with E-state index in [1.807, 2.05) is 0 Å². The number of carboxylic acids is 1. The van der Waals surface area contributed by atoms with Crippen LogP contribution in [-0.4, -0.2) is 69.3 Å². The summed E-state index contributed by atoms with van der Waals surface area (Å²) in [5, 5.41) is 36.9. The van der Waals surface area contributed by atoms with Gasteiger partial charge in [0.25, 0.3) is 0 Å². The molecule has 1 aliphatic rings. The highest BCUT2D eigenvalue weighted by molar-refractivity contribution is 7.98. The maximum absolute atomic E-state index is 10.7. The fourth-order valence-electron chi connectivity index (χ4n) is 1.32. The van der Waals surface area contributed by atoms with Crippen LogP contribution in [-0.2, 0) is 14.3 Å². The third-order valence-corrected chi connectivity index (χ3v) is 2.53. The first kappa shape index (κ1) is 13.7. The Balaban J connectivity index is 2.69. The number of ether oxygens (including phenoxy) is 2. The largest absolute Gasteiger partial charge is 0.479 e. The maximum Gasteiger partial charge on any atom is 0.335 e. The summed E-state index contributed by atoms with van der Waals surface area (Å²) in [5.74, 6) is -1.24. The van der Waals surface area contributed by atoms with E-state index >= 15 is 0 Å². The number of aliphatic carboxylic acids is 1. The molecule has 0 aromatic heterocycles. The van der Waals surface area contributed by atoms with Gasteiger partial charge in [-0.15, -0.1) is 11.8 Å². The van der Waals surface area contributed by atoms with Gasteiger partial charge in [0.15, 0.2) is 12.4 Å². The fraction of sp³-hybridized carbons (Fsp3) is 0.875. The maximum atomic E-state index is 10.7. The van der Waals surface area contributed by atoms with Crippen LogP contribution in [0.3, 0.4) is 0 Å². The molecule has 0 amide bonds. The Morgan fingerprint density at radius 3 is 2.44 bits per heavy atom. The zero-order valence-electron chi connectivity index (χ0n) is 8.52. The lowest BCUT2D eigenvalue weighted by Crippen LogP contribution is -2.60. The zero-order valence-corrected chi connectivity index (χ0v) is 9.33. The first-order valence-electron chi connectivity index (χ1n) is 4.52. The van der Waals surface area contributed by atoms with Crippen LogP contribution >= 0.6 is 11.8 Å². The van der Waals surface area contributed by atoms with Gasteiger partial charge in [-0.2, -0.15) is 0 Å². The summed E-state index contributed by atoms with van der Waals surface area (Å²) >= 11 is 1.30. The van der Waals surface area contributed by atoms with E-state index in [0.717, 1.165) is 0 Å². The second kappa shape index (κ2) is 5.80. The average molecular weight is 254 g/mol. The Labute approximate surface area is 96.0 Å². The van der Waals surface area contributed by atoms with E-state index in [1.54, 1.807) is 6.26 Å². The Morgan fingerprint density at radius 1 is 1.31 bits per heavy atom. The normalized spacial score (nSPS) is 39.6. The lowest BCUT2D eigenvalue weighted by Gasteiger charge is -2.38. The van der Waals surface area contributed by atoms with Gasteiger partial charge in [0.2, 0.25) is 0 Å². The van der Waals surface area contributed by atoms with Gasteiger partial charge in [0.05, 0.1) is 5.94 Å². The van der Waals surface area contributed by atoms with E-state index in [9.17, 15) is 20.1 Å². The number of carboxylic acid groups (broad SMARTS) is 1. The SMILES string of the molecule is CSCO[C@H]1OC(C(=O)O)[C@H](O)[C@H](O)C1O. The van der Waals surface area contributed by atoms with Crippen LogP contribution in [0.15, 0.2) is 0 Å². The van der Waals surface area contributed by atoms with Gasteiger partial charge in [-0.1, -0.05) is 0 Å². The molecule has 0 bridgehead atoms. The Morgan fingerprint density at radius 2 is 1.94 bits per heavy atom. The molecule has 0 spiro atoms. The van der Waals surface area contributed by atoms with Crippen LogP contribution in [0.5, 0.6) is 0 Å². The standard InChI is InChI=1S/C8H14O7S/c1-16-2-14-8-5(11)3(9)4(10)6(15-8)7(12)13/h3-6,8-11H,2H2,1H3,(H,12,13)/t3-,4+,5?,6?,8-/m0/s1. The Kier molecular flexibility index (Phi) is 4.96. The second-order valence-corrected chi connectivity index (χ2v) is 4.12. The number of hydrogen-bond acceptors (Lipinski definition) is 7. The summed E-state index contributed by atoms with van der Waals surface area (Å²) in [6.07, 6.45) is -5.88. The first-order valence-corrected chi connectivity index (χ1v) is 5.91. The Hall–Kier alpha value is -0.380. The lowest BCUT2D eigenvalue weighted by atomic mass is 9.99. The van der Waals surface area contributed by atoms with Crippen LogP contribution in [0.25, 0.3) is 0 Å². The van der Waals surface area contributed by atoms with Crippen LogP contribution in [0, 0.1) is 0 Å². The van der Waals surface area contributed by atoms with E-state index in [4.69, 9.17) is 14.6 Å². The lowest BCUT2D eigenvalue weighted by molar-refractivity contribution is -0.289. The first-order chi connectivity index (χ1) is 7.49. The molecule has 0 aromatic rings. The molecule has 8 heteroatoms. The summed E-state index contributed by atoms with van der Waals surface area (Å²) in [6.45, 7) is 0. The molecule has 1 aliphatic heterocycles. The molecule has 0 aliphatic carbocycles. The van der Waals surface area contributed by atoms with Crippen molar-refractivity contribution in [3.63, 3.8) is 0 Å². The van der Waals surface area contributed by atoms with Gasteiger partial charge >= 0.3 is 5.97 Å². The van der Waals surface area contributed by atoms with Crippen molar-refractivity contribution in [3.8, 4) is 0 Å². The topological polar surface area (TPSA) is 116 Å². The predicted molar refractivity (Wildman–Crippen MR) is 53.8 cm³/mol. The molecule has 4 N–H and O–H groups in total. The van der Waals surface area contributed by atoms with Crippen molar-refractivity contribution in [1.82, 2.24) is 0 Å². The average Bonchev–Trinajstić information content (AvgIpc) is 2.24. The summed E-state index contributed by atoms with van der Waals surface area (Å²) in [7, 11) is 0. The number of thioether (sulfide) groups is 1. The van der Waals surface area contributed by atoms with E-state index in [0.29, 0.717) is 0 Å². The molecule has 1 rings (SSSR count). The van der Waals surface area contributed by atoms with Crippen molar-refractivity contribution in [2.75, 3.05) is 12.2 Å². The molecule has 16 heavy (non-hydrogen) atoms. The molecule has 1 fully saturated rings. The molecule has 94 valence electrons. The molecule has 1 heterocycles. The van der Waals surface area contributed by atoms with Gasteiger partial charge < -0.3 is 29.9 Å². The van der Waals surface area contributed by atoms with E-state index < -0.39 is 36.7 Å². The predicted octanol–water partition coefficient (Wildman–Crippen LogP) is -1.78. The molecule has 0 radical (unpaired) electrons. The van der Waals surface area contributed by atoms with Crippen molar-refractivity contribution >= 4 is 17.7 Å². The van der Waals surface area contributed by atoms with Crippen LogP contribution in [0.2, 0.25) is 0 Å². The highest BCUT2D eigenvalue weighted by Crippen LogP contribution is 2.22. The number of carbonyl (C=O) groups is 1. The van der Waals surface area contributed by atoms with Crippen molar-refractivity contribution in [3.05, 3.63) is 0 Å². The van der Waals surface area contributed by atoms with Crippen molar-refractivity contribution < 1.29 is 34.7 Å². The van der Waals surface area contributed by atoms with Gasteiger partial charge in [0, 0.05) is 0 Å². The molecule has 7 nitrogen and oxygen atoms in total. The zero-order chi connectivity index (χ0) is 12.3. The van der Waals surface area contributed by atoms with Gasteiger partial charge in [0.1, 0.15) is 18.3 Å². The molecule has 0 saturated carbocycles. The second-order valence-electron chi connectivity index (χ2n) is 3.31. The van der Waals surface area contributed by atoms with E-state index in [2.05, 4.69) is 0 Å². The molecular weight excluding hydrogens is 240 g/mol. The summed E-state index contributed by atoms with van der Waals surface area (Å²) < 4.78 is 9.85. The minimum absolute atomic E-state index is 0.177. The summed E-state index contributed by atoms with van der Waals surface area (Å²) in [6, 6.07) is 0. The quantitative estimate of drug-likeness (QED) is 0.435. The van der Waals surface area contributed by atoms with Gasteiger partial charge in [-0.25, -0.2) is 4.79 Å². The molecule has 1 saturated heterocycles. The number of aliphatic hydroxyl groups is 3. The Bertz CT molecular complexity index is 249. The van der Waals surface area contributed by atoms with E-state index in [1.165, 1.54) is 11.8 Å². The summed E-state index contributed by atoms with van der Waals surface area (Å²) in [4.78, 5) is 10.7.